The highest BCUT2D eigenvalue weighted by molar-refractivity contribution is 5.90. The van der Waals surface area contributed by atoms with Gasteiger partial charge in [-0.05, 0) is 18.4 Å². The van der Waals surface area contributed by atoms with Gasteiger partial charge in [0, 0.05) is 5.39 Å². The first kappa shape index (κ1) is 12.1. The van der Waals surface area contributed by atoms with Crippen LogP contribution in [0.3, 0.4) is 0 Å². The summed E-state index contributed by atoms with van der Waals surface area (Å²) < 4.78 is 5.19. The van der Waals surface area contributed by atoms with Gasteiger partial charge in [0.1, 0.15) is 12.0 Å². The standard InChI is InChI=1S/C14H13NO3/c1-10(9-16)15-14(17)18-13-8-4-6-11-5-2-3-7-12(11)13/h2-10H,1H3,(H,15,17). The Labute approximate surface area is 105 Å². The van der Waals surface area contributed by atoms with E-state index >= 15 is 0 Å². The summed E-state index contributed by atoms with van der Waals surface area (Å²) in [5.41, 5.74) is 0. The molecule has 92 valence electrons. The SMILES string of the molecule is CC(C=O)NC(=O)Oc1cccc2ccccc12. The van der Waals surface area contributed by atoms with Crippen molar-refractivity contribution >= 4 is 23.2 Å². The topological polar surface area (TPSA) is 55.4 Å². The fraction of sp³-hybridized carbons (Fsp3) is 0.143. The Bertz CT molecular complexity index is 575. The highest BCUT2D eigenvalue weighted by Crippen LogP contribution is 2.25. The number of aldehydes is 1. The second-order valence-electron chi connectivity index (χ2n) is 3.94. The molecule has 0 heterocycles. The van der Waals surface area contributed by atoms with E-state index in [0.717, 1.165) is 10.8 Å². The van der Waals surface area contributed by atoms with Gasteiger partial charge in [-0.2, -0.15) is 0 Å². The molecular formula is C14H13NO3. The molecular weight excluding hydrogens is 230 g/mol. The summed E-state index contributed by atoms with van der Waals surface area (Å²) in [6.45, 7) is 1.58. The van der Waals surface area contributed by atoms with Crippen molar-refractivity contribution in [2.45, 2.75) is 13.0 Å². The molecule has 0 aromatic heterocycles. The highest BCUT2D eigenvalue weighted by Gasteiger charge is 2.09. The van der Waals surface area contributed by atoms with E-state index in [4.69, 9.17) is 4.74 Å². The summed E-state index contributed by atoms with van der Waals surface area (Å²) in [5.74, 6) is 0.476. The second-order valence-corrected chi connectivity index (χ2v) is 3.94. The van der Waals surface area contributed by atoms with E-state index in [2.05, 4.69) is 5.32 Å². The van der Waals surface area contributed by atoms with Crippen molar-refractivity contribution in [1.82, 2.24) is 5.32 Å². The van der Waals surface area contributed by atoms with Crippen LogP contribution in [-0.4, -0.2) is 18.4 Å². The molecule has 2 aromatic carbocycles. The minimum Gasteiger partial charge on any atom is -0.410 e. The number of nitrogens with one attached hydrogen (secondary N) is 1. The normalized spacial score (nSPS) is 11.8. The first-order valence-corrected chi connectivity index (χ1v) is 5.62. The Morgan fingerprint density at radius 3 is 2.72 bits per heavy atom. The van der Waals surface area contributed by atoms with Crippen molar-refractivity contribution in [2.75, 3.05) is 0 Å². The van der Waals surface area contributed by atoms with Crippen LogP contribution in [0.1, 0.15) is 6.92 Å². The van der Waals surface area contributed by atoms with Gasteiger partial charge < -0.3 is 14.8 Å². The molecule has 0 saturated carbocycles. The molecule has 0 aliphatic heterocycles. The van der Waals surface area contributed by atoms with Crippen molar-refractivity contribution < 1.29 is 14.3 Å². The monoisotopic (exact) mass is 243 g/mol. The predicted octanol–water partition coefficient (Wildman–Crippen LogP) is 2.52. The molecule has 2 aromatic rings. The molecule has 0 radical (unpaired) electrons. The molecule has 18 heavy (non-hydrogen) atoms. The van der Waals surface area contributed by atoms with Gasteiger partial charge >= 0.3 is 6.09 Å². The Morgan fingerprint density at radius 2 is 1.94 bits per heavy atom. The highest BCUT2D eigenvalue weighted by atomic mass is 16.6. The van der Waals surface area contributed by atoms with Crippen molar-refractivity contribution in [3.63, 3.8) is 0 Å². The first-order chi connectivity index (χ1) is 8.70. The average molecular weight is 243 g/mol. The lowest BCUT2D eigenvalue weighted by Crippen LogP contribution is -2.35. The molecule has 0 bridgehead atoms. The van der Waals surface area contributed by atoms with E-state index in [0.29, 0.717) is 12.0 Å². The lowest BCUT2D eigenvalue weighted by atomic mass is 10.1. The number of amides is 1. The van der Waals surface area contributed by atoms with Crippen LogP contribution >= 0.6 is 0 Å². The molecule has 1 N–H and O–H groups in total. The summed E-state index contributed by atoms with van der Waals surface area (Å²) in [6, 6.07) is 12.5. The lowest BCUT2D eigenvalue weighted by molar-refractivity contribution is -0.109. The zero-order valence-corrected chi connectivity index (χ0v) is 9.92. The van der Waals surface area contributed by atoms with Gasteiger partial charge in [0.05, 0.1) is 6.04 Å². The van der Waals surface area contributed by atoms with E-state index in [1.165, 1.54) is 0 Å². The van der Waals surface area contributed by atoms with Crippen LogP contribution in [-0.2, 0) is 4.79 Å². The maximum absolute atomic E-state index is 11.5. The van der Waals surface area contributed by atoms with E-state index in [-0.39, 0.29) is 0 Å². The van der Waals surface area contributed by atoms with Crippen molar-refractivity contribution in [2.24, 2.45) is 0 Å². The summed E-state index contributed by atoms with van der Waals surface area (Å²) >= 11 is 0. The molecule has 1 unspecified atom stereocenters. The molecule has 1 atom stereocenters. The molecule has 4 heteroatoms. The number of ether oxygens (including phenoxy) is 1. The number of benzene rings is 2. The largest absolute Gasteiger partial charge is 0.413 e. The first-order valence-electron chi connectivity index (χ1n) is 5.62. The zero-order valence-electron chi connectivity index (χ0n) is 9.92. The lowest BCUT2D eigenvalue weighted by Gasteiger charge is -2.10. The van der Waals surface area contributed by atoms with Crippen LogP contribution in [0.4, 0.5) is 4.79 Å². The Morgan fingerprint density at radius 1 is 1.22 bits per heavy atom. The molecule has 2 rings (SSSR count). The zero-order chi connectivity index (χ0) is 13.0. The Kier molecular flexibility index (Phi) is 3.57. The molecule has 0 aliphatic carbocycles. The maximum Gasteiger partial charge on any atom is 0.413 e. The fourth-order valence-corrected chi connectivity index (χ4v) is 1.63. The third-order valence-corrected chi connectivity index (χ3v) is 2.50. The van der Waals surface area contributed by atoms with Crippen LogP contribution < -0.4 is 10.1 Å². The fourth-order valence-electron chi connectivity index (χ4n) is 1.63. The summed E-state index contributed by atoms with van der Waals surface area (Å²) in [5, 5.41) is 4.26. The number of hydrogen-bond acceptors (Lipinski definition) is 3. The third kappa shape index (κ3) is 2.66. The van der Waals surface area contributed by atoms with E-state index in [9.17, 15) is 9.59 Å². The number of hydrogen-bond donors (Lipinski definition) is 1. The predicted molar refractivity (Wildman–Crippen MR) is 68.6 cm³/mol. The van der Waals surface area contributed by atoms with E-state index in [1.807, 2.05) is 36.4 Å². The van der Waals surface area contributed by atoms with Gasteiger partial charge in [-0.3, -0.25) is 0 Å². The van der Waals surface area contributed by atoms with Gasteiger partial charge in [-0.1, -0.05) is 36.4 Å². The maximum atomic E-state index is 11.5. The van der Waals surface area contributed by atoms with Crippen molar-refractivity contribution in [3.05, 3.63) is 42.5 Å². The summed E-state index contributed by atoms with van der Waals surface area (Å²) in [7, 11) is 0. The van der Waals surface area contributed by atoms with Crippen molar-refractivity contribution in [3.8, 4) is 5.75 Å². The minimum absolute atomic E-state index is 0.476. The van der Waals surface area contributed by atoms with Gasteiger partial charge in [-0.15, -0.1) is 0 Å². The second kappa shape index (κ2) is 5.31. The van der Waals surface area contributed by atoms with Crippen LogP contribution in [0.25, 0.3) is 10.8 Å². The van der Waals surface area contributed by atoms with Crippen LogP contribution in [0, 0.1) is 0 Å². The number of fused-ring (bicyclic) bond motifs is 1. The van der Waals surface area contributed by atoms with Gasteiger partial charge in [0.2, 0.25) is 0 Å². The van der Waals surface area contributed by atoms with E-state index in [1.54, 1.807) is 13.0 Å². The smallest absolute Gasteiger partial charge is 0.410 e. The number of carbonyl (C=O) groups is 2. The van der Waals surface area contributed by atoms with E-state index < -0.39 is 12.1 Å². The molecule has 1 amide bonds. The molecule has 0 fully saturated rings. The van der Waals surface area contributed by atoms with Crippen LogP contribution in [0.2, 0.25) is 0 Å². The Balaban J connectivity index is 2.21. The Hall–Kier alpha value is -2.36. The quantitative estimate of drug-likeness (QED) is 0.843. The molecule has 0 spiro atoms. The summed E-state index contributed by atoms with van der Waals surface area (Å²) in [6.07, 6.45) is 0.00984. The number of carbonyl (C=O) groups excluding carboxylic acids is 2. The average Bonchev–Trinajstić information content (AvgIpc) is 2.39. The van der Waals surface area contributed by atoms with Crippen molar-refractivity contribution in [1.29, 1.82) is 0 Å². The molecule has 4 nitrogen and oxygen atoms in total. The van der Waals surface area contributed by atoms with Gasteiger partial charge in [0.25, 0.3) is 0 Å². The third-order valence-electron chi connectivity index (χ3n) is 2.50. The summed E-state index contributed by atoms with van der Waals surface area (Å²) in [4.78, 5) is 22.0. The van der Waals surface area contributed by atoms with Gasteiger partial charge in [0.15, 0.2) is 0 Å². The molecule has 0 aliphatic rings. The van der Waals surface area contributed by atoms with Crippen LogP contribution in [0.15, 0.2) is 42.5 Å². The molecule has 0 saturated heterocycles. The van der Waals surface area contributed by atoms with Crippen LogP contribution in [0.5, 0.6) is 5.75 Å². The minimum atomic E-state index is -0.633. The van der Waals surface area contributed by atoms with Gasteiger partial charge in [-0.25, -0.2) is 4.79 Å². The number of rotatable bonds is 3.